The monoisotopic (exact) mass is 240 g/mol. The maximum absolute atomic E-state index is 11.2. The van der Waals surface area contributed by atoms with Gasteiger partial charge in [0.15, 0.2) is 0 Å². The maximum Gasteiger partial charge on any atom is 0.0880 e. The molecule has 1 aromatic carbocycles. The molecule has 0 atom stereocenters. The number of carbonyl (C=O) groups excluding carboxylic acids is 1. The Kier molecular flexibility index (Phi) is 2.67. The van der Waals surface area contributed by atoms with Crippen LogP contribution in [-0.2, 0) is 19.4 Å². The van der Waals surface area contributed by atoms with Gasteiger partial charge in [0.1, 0.15) is 0 Å². The highest BCUT2D eigenvalue weighted by Crippen LogP contribution is 2.26. The molecule has 0 saturated heterocycles. The average Bonchev–Trinajstić information content (AvgIpc) is 2.93. The van der Waals surface area contributed by atoms with Crippen LogP contribution in [-0.4, -0.2) is 10.5 Å². The number of aromatic carboxylic acids is 1. The smallest absolute Gasteiger partial charge is 0.0880 e. The van der Waals surface area contributed by atoms with Crippen molar-refractivity contribution >= 4 is 5.97 Å². The zero-order valence-electron chi connectivity index (χ0n) is 10.1. The Morgan fingerprint density at radius 3 is 2.72 bits per heavy atom. The Morgan fingerprint density at radius 1 is 1.22 bits per heavy atom. The fraction of sp³-hybridized carbons (Fsp3) is 0.267. The third-order valence-corrected chi connectivity index (χ3v) is 3.55. The first-order chi connectivity index (χ1) is 8.75. The summed E-state index contributed by atoms with van der Waals surface area (Å²) >= 11 is 0. The third-order valence-electron chi connectivity index (χ3n) is 3.55. The standard InChI is InChI=1S/C15H15NO2/c17-15(18)14-9-12-7-4-8-13(12)16(14)10-11-5-2-1-3-6-11/h1-3,5-6,9H,4,7-8,10H2,(H,17,18)/p-1. The summed E-state index contributed by atoms with van der Waals surface area (Å²) in [5, 5.41) is 11.2. The number of rotatable bonds is 3. The molecule has 3 rings (SSSR count). The molecular weight excluding hydrogens is 226 g/mol. The van der Waals surface area contributed by atoms with E-state index >= 15 is 0 Å². The molecule has 0 amide bonds. The number of carbonyl (C=O) groups is 1. The summed E-state index contributed by atoms with van der Waals surface area (Å²) in [5.41, 5.74) is 3.76. The molecule has 0 aliphatic heterocycles. The van der Waals surface area contributed by atoms with Gasteiger partial charge in [0, 0.05) is 12.2 Å². The second-order valence-electron chi connectivity index (χ2n) is 4.71. The minimum atomic E-state index is -1.08. The predicted octanol–water partition coefficient (Wildman–Crippen LogP) is 1.39. The maximum atomic E-state index is 11.2. The molecule has 3 heteroatoms. The van der Waals surface area contributed by atoms with E-state index in [-0.39, 0.29) is 0 Å². The fourth-order valence-electron chi connectivity index (χ4n) is 2.72. The molecule has 1 aliphatic carbocycles. The van der Waals surface area contributed by atoms with Crippen molar-refractivity contribution in [3.63, 3.8) is 0 Å². The van der Waals surface area contributed by atoms with E-state index in [0.29, 0.717) is 12.2 Å². The van der Waals surface area contributed by atoms with Crippen molar-refractivity contribution in [1.29, 1.82) is 0 Å². The van der Waals surface area contributed by atoms with Crippen LogP contribution in [0.2, 0.25) is 0 Å². The van der Waals surface area contributed by atoms with Gasteiger partial charge in [-0.2, -0.15) is 0 Å². The van der Waals surface area contributed by atoms with Gasteiger partial charge in [0.2, 0.25) is 0 Å². The van der Waals surface area contributed by atoms with Gasteiger partial charge in [0.25, 0.3) is 0 Å². The number of carboxylic acids is 1. The molecule has 0 N–H and O–H groups in total. The van der Waals surface area contributed by atoms with E-state index in [4.69, 9.17) is 0 Å². The van der Waals surface area contributed by atoms with Crippen molar-refractivity contribution in [3.8, 4) is 0 Å². The number of hydrogen-bond acceptors (Lipinski definition) is 2. The van der Waals surface area contributed by atoms with Gasteiger partial charge >= 0.3 is 0 Å². The van der Waals surface area contributed by atoms with Crippen molar-refractivity contribution in [1.82, 2.24) is 4.57 Å². The summed E-state index contributed by atoms with van der Waals surface area (Å²) in [7, 11) is 0. The first-order valence-corrected chi connectivity index (χ1v) is 6.22. The molecule has 92 valence electrons. The molecule has 18 heavy (non-hydrogen) atoms. The van der Waals surface area contributed by atoms with Gasteiger partial charge in [-0.15, -0.1) is 0 Å². The highest BCUT2D eigenvalue weighted by molar-refractivity contribution is 5.84. The van der Waals surface area contributed by atoms with Gasteiger partial charge < -0.3 is 14.5 Å². The zero-order valence-corrected chi connectivity index (χ0v) is 10.1. The minimum Gasteiger partial charge on any atom is -0.543 e. The van der Waals surface area contributed by atoms with Crippen LogP contribution in [0.25, 0.3) is 0 Å². The summed E-state index contributed by atoms with van der Waals surface area (Å²) < 4.78 is 1.90. The molecule has 3 nitrogen and oxygen atoms in total. The number of aromatic nitrogens is 1. The van der Waals surface area contributed by atoms with Crippen LogP contribution in [0.1, 0.15) is 33.7 Å². The van der Waals surface area contributed by atoms with Gasteiger partial charge in [0.05, 0.1) is 11.7 Å². The molecule has 1 aliphatic rings. The molecule has 0 bridgehead atoms. The van der Waals surface area contributed by atoms with Crippen LogP contribution in [0, 0.1) is 0 Å². The molecule has 2 aromatic rings. The Bertz CT molecular complexity index is 584. The summed E-state index contributed by atoms with van der Waals surface area (Å²) in [6.45, 7) is 0.611. The molecule has 0 unspecified atom stereocenters. The van der Waals surface area contributed by atoms with Gasteiger partial charge in [-0.1, -0.05) is 30.3 Å². The molecule has 1 aromatic heterocycles. The number of aryl methyl sites for hydroxylation is 1. The lowest BCUT2D eigenvalue weighted by Crippen LogP contribution is -2.26. The van der Waals surface area contributed by atoms with Gasteiger partial charge in [-0.3, -0.25) is 0 Å². The van der Waals surface area contributed by atoms with E-state index < -0.39 is 5.97 Å². The van der Waals surface area contributed by atoms with Crippen molar-refractivity contribution in [2.45, 2.75) is 25.8 Å². The van der Waals surface area contributed by atoms with E-state index in [9.17, 15) is 9.90 Å². The van der Waals surface area contributed by atoms with Crippen LogP contribution in [0.5, 0.6) is 0 Å². The number of carboxylic acid groups (broad SMARTS) is 1. The molecule has 0 fully saturated rings. The molecule has 0 spiro atoms. The second-order valence-corrected chi connectivity index (χ2v) is 4.71. The largest absolute Gasteiger partial charge is 0.543 e. The predicted molar refractivity (Wildman–Crippen MR) is 66.3 cm³/mol. The normalized spacial score (nSPS) is 13.6. The Hall–Kier alpha value is -2.03. The second kappa shape index (κ2) is 4.33. The lowest BCUT2D eigenvalue weighted by Gasteiger charge is -2.13. The highest BCUT2D eigenvalue weighted by atomic mass is 16.4. The average molecular weight is 240 g/mol. The lowest BCUT2D eigenvalue weighted by atomic mass is 10.2. The van der Waals surface area contributed by atoms with Crippen molar-refractivity contribution < 1.29 is 9.90 Å². The molecule has 0 radical (unpaired) electrons. The SMILES string of the molecule is O=C([O-])c1cc2c(n1Cc1ccccc1)CCC2. The molecule has 1 heterocycles. The number of nitrogens with zero attached hydrogens (tertiary/aromatic N) is 1. The first kappa shape index (κ1) is 11.1. The topological polar surface area (TPSA) is 45.1 Å². The summed E-state index contributed by atoms with van der Waals surface area (Å²) in [5.74, 6) is -1.08. The summed E-state index contributed by atoms with van der Waals surface area (Å²) in [6, 6.07) is 11.7. The Labute approximate surface area is 106 Å². The third kappa shape index (κ3) is 1.82. The van der Waals surface area contributed by atoms with Crippen LogP contribution in [0.4, 0.5) is 0 Å². The Morgan fingerprint density at radius 2 is 2.00 bits per heavy atom. The summed E-state index contributed by atoms with van der Waals surface area (Å²) in [6.07, 6.45) is 3.07. The number of benzene rings is 1. The van der Waals surface area contributed by atoms with E-state index in [1.54, 1.807) is 6.07 Å². The number of fused-ring (bicyclic) bond motifs is 1. The van der Waals surface area contributed by atoms with Crippen molar-refractivity contribution in [2.24, 2.45) is 0 Å². The first-order valence-electron chi connectivity index (χ1n) is 6.22. The summed E-state index contributed by atoms with van der Waals surface area (Å²) in [4.78, 5) is 11.2. The van der Waals surface area contributed by atoms with E-state index in [2.05, 4.69) is 0 Å². The van der Waals surface area contributed by atoms with Crippen LogP contribution < -0.4 is 5.11 Å². The van der Waals surface area contributed by atoms with Crippen LogP contribution in [0.15, 0.2) is 36.4 Å². The van der Waals surface area contributed by atoms with Gasteiger partial charge in [-0.25, -0.2) is 0 Å². The van der Waals surface area contributed by atoms with Gasteiger partial charge in [-0.05, 0) is 36.5 Å². The Balaban J connectivity index is 2.02. The zero-order chi connectivity index (χ0) is 12.5. The molecular formula is C15H14NO2-. The lowest BCUT2D eigenvalue weighted by molar-refractivity contribution is -0.255. The molecule has 0 saturated carbocycles. The van der Waals surface area contributed by atoms with E-state index in [1.165, 1.54) is 5.56 Å². The van der Waals surface area contributed by atoms with E-state index in [0.717, 1.165) is 30.5 Å². The fourth-order valence-corrected chi connectivity index (χ4v) is 2.72. The van der Waals surface area contributed by atoms with Crippen LogP contribution >= 0.6 is 0 Å². The van der Waals surface area contributed by atoms with Crippen LogP contribution in [0.3, 0.4) is 0 Å². The minimum absolute atomic E-state index is 0.309. The quantitative estimate of drug-likeness (QED) is 0.813. The van der Waals surface area contributed by atoms with Crippen molar-refractivity contribution in [2.75, 3.05) is 0 Å². The number of hydrogen-bond donors (Lipinski definition) is 0. The highest BCUT2D eigenvalue weighted by Gasteiger charge is 2.19. The van der Waals surface area contributed by atoms with Crippen molar-refractivity contribution in [3.05, 3.63) is 58.9 Å². The van der Waals surface area contributed by atoms with E-state index in [1.807, 2.05) is 34.9 Å².